The Hall–Kier alpha value is -1.71. The first-order valence-corrected chi connectivity index (χ1v) is 6.79. The molecule has 0 unspecified atom stereocenters. The molecule has 0 atom stereocenters. The van der Waals surface area contributed by atoms with Gasteiger partial charge in [0.2, 0.25) is 0 Å². The smallest absolute Gasteiger partial charge is 0.258 e. The van der Waals surface area contributed by atoms with Crippen LogP contribution in [0.25, 0.3) is 0 Å². The molecule has 0 aliphatic heterocycles. The van der Waals surface area contributed by atoms with Gasteiger partial charge in [-0.25, -0.2) is 0 Å². The summed E-state index contributed by atoms with van der Waals surface area (Å²) in [5, 5.41) is 3.72. The molecule has 1 amide bonds. The molecule has 2 rings (SSSR count). The fraction of sp³-hybridized carbons (Fsp3) is 0.133. The quantitative estimate of drug-likeness (QED) is 0.914. The first-order chi connectivity index (χ1) is 9.65. The molecule has 0 saturated heterocycles. The van der Waals surface area contributed by atoms with Crippen LogP contribution in [-0.4, -0.2) is 12.5 Å². The summed E-state index contributed by atoms with van der Waals surface area (Å²) in [7, 11) is 0. The van der Waals surface area contributed by atoms with Crippen LogP contribution in [0.1, 0.15) is 5.56 Å². The number of para-hydroxylation sites is 1. The maximum atomic E-state index is 11.6. The van der Waals surface area contributed by atoms with Crippen LogP contribution < -0.4 is 10.1 Å². The van der Waals surface area contributed by atoms with Gasteiger partial charge in [0, 0.05) is 6.54 Å². The van der Waals surface area contributed by atoms with Crippen LogP contribution >= 0.6 is 23.2 Å². The van der Waals surface area contributed by atoms with Crippen LogP contribution in [0.2, 0.25) is 10.0 Å². The van der Waals surface area contributed by atoms with Crippen molar-refractivity contribution in [3.8, 4) is 5.75 Å². The van der Waals surface area contributed by atoms with E-state index in [9.17, 15) is 4.79 Å². The fourth-order valence-corrected chi connectivity index (χ4v) is 1.89. The molecule has 0 radical (unpaired) electrons. The second-order valence-electron chi connectivity index (χ2n) is 4.13. The van der Waals surface area contributed by atoms with E-state index in [0.29, 0.717) is 22.3 Å². The third kappa shape index (κ3) is 4.44. The standard InChI is InChI=1S/C15H13Cl2NO2/c16-13-7-6-11(8-14(13)17)9-18-15(19)10-20-12-4-2-1-3-5-12/h1-8H,9-10H2,(H,18,19). The molecular weight excluding hydrogens is 297 g/mol. The van der Waals surface area contributed by atoms with Gasteiger partial charge < -0.3 is 10.1 Å². The fourth-order valence-electron chi connectivity index (χ4n) is 1.57. The highest BCUT2D eigenvalue weighted by atomic mass is 35.5. The minimum atomic E-state index is -0.195. The van der Waals surface area contributed by atoms with E-state index < -0.39 is 0 Å². The Balaban J connectivity index is 1.79. The summed E-state index contributed by atoms with van der Waals surface area (Å²) in [5.41, 5.74) is 0.882. The molecule has 0 bridgehead atoms. The third-order valence-corrected chi connectivity index (χ3v) is 3.33. The van der Waals surface area contributed by atoms with E-state index in [1.807, 2.05) is 24.3 Å². The summed E-state index contributed by atoms with van der Waals surface area (Å²) in [5.74, 6) is 0.470. The zero-order valence-corrected chi connectivity index (χ0v) is 12.1. The number of hydrogen-bond donors (Lipinski definition) is 1. The normalized spacial score (nSPS) is 10.1. The lowest BCUT2D eigenvalue weighted by Crippen LogP contribution is -2.28. The van der Waals surface area contributed by atoms with Gasteiger partial charge in [-0.3, -0.25) is 4.79 Å². The molecule has 0 aliphatic rings. The zero-order valence-electron chi connectivity index (χ0n) is 10.6. The summed E-state index contributed by atoms with van der Waals surface area (Å²) in [6, 6.07) is 14.4. The van der Waals surface area contributed by atoms with E-state index in [-0.39, 0.29) is 12.5 Å². The Morgan fingerprint density at radius 2 is 1.80 bits per heavy atom. The molecule has 3 nitrogen and oxygen atoms in total. The SMILES string of the molecule is O=C(COc1ccccc1)NCc1ccc(Cl)c(Cl)c1. The van der Waals surface area contributed by atoms with Crippen molar-refractivity contribution in [1.82, 2.24) is 5.32 Å². The zero-order chi connectivity index (χ0) is 14.4. The van der Waals surface area contributed by atoms with Crippen LogP contribution in [0.15, 0.2) is 48.5 Å². The summed E-state index contributed by atoms with van der Waals surface area (Å²) >= 11 is 11.7. The van der Waals surface area contributed by atoms with Crippen molar-refractivity contribution in [2.75, 3.05) is 6.61 Å². The number of carbonyl (C=O) groups excluding carboxylic acids is 1. The van der Waals surface area contributed by atoms with Crippen molar-refractivity contribution in [3.63, 3.8) is 0 Å². The summed E-state index contributed by atoms with van der Waals surface area (Å²) in [6.07, 6.45) is 0. The van der Waals surface area contributed by atoms with Gasteiger partial charge in [0.05, 0.1) is 10.0 Å². The topological polar surface area (TPSA) is 38.3 Å². The van der Waals surface area contributed by atoms with E-state index in [1.165, 1.54) is 0 Å². The number of rotatable bonds is 5. The van der Waals surface area contributed by atoms with Crippen LogP contribution in [0, 0.1) is 0 Å². The third-order valence-electron chi connectivity index (χ3n) is 2.59. The average molecular weight is 310 g/mol. The lowest BCUT2D eigenvalue weighted by molar-refractivity contribution is -0.123. The van der Waals surface area contributed by atoms with E-state index >= 15 is 0 Å². The van der Waals surface area contributed by atoms with E-state index in [2.05, 4.69) is 5.32 Å². The highest BCUT2D eigenvalue weighted by molar-refractivity contribution is 6.42. The van der Waals surface area contributed by atoms with E-state index in [1.54, 1.807) is 24.3 Å². The molecule has 0 saturated carbocycles. The maximum Gasteiger partial charge on any atom is 0.258 e. The Kier molecular flexibility index (Phi) is 5.27. The van der Waals surface area contributed by atoms with Gasteiger partial charge >= 0.3 is 0 Å². The molecule has 0 fully saturated rings. The number of nitrogens with one attached hydrogen (secondary N) is 1. The molecule has 5 heteroatoms. The molecule has 20 heavy (non-hydrogen) atoms. The van der Waals surface area contributed by atoms with Crippen LogP contribution in [0.5, 0.6) is 5.75 Å². The predicted octanol–water partition coefficient (Wildman–Crippen LogP) is 3.69. The molecule has 0 spiro atoms. The number of carbonyl (C=O) groups is 1. The van der Waals surface area contributed by atoms with Gasteiger partial charge in [-0.2, -0.15) is 0 Å². The first-order valence-electron chi connectivity index (χ1n) is 6.03. The van der Waals surface area contributed by atoms with Crippen molar-refractivity contribution in [2.24, 2.45) is 0 Å². The minimum absolute atomic E-state index is 0.0225. The second-order valence-corrected chi connectivity index (χ2v) is 4.94. The number of halogens is 2. The van der Waals surface area contributed by atoms with Crippen molar-refractivity contribution in [1.29, 1.82) is 0 Å². The molecule has 2 aromatic rings. The van der Waals surface area contributed by atoms with E-state index in [0.717, 1.165) is 5.56 Å². The molecule has 1 N–H and O–H groups in total. The number of benzene rings is 2. The highest BCUT2D eigenvalue weighted by Gasteiger charge is 2.04. The van der Waals surface area contributed by atoms with Gasteiger partial charge in [0.1, 0.15) is 5.75 Å². The number of ether oxygens (including phenoxy) is 1. The highest BCUT2D eigenvalue weighted by Crippen LogP contribution is 2.22. The molecule has 2 aromatic carbocycles. The number of hydrogen-bond acceptors (Lipinski definition) is 2. The second kappa shape index (κ2) is 7.17. The lowest BCUT2D eigenvalue weighted by Gasteiger charge is -2.08. The number of amides is 1. The Morgan fingerprint density at radius 1 is 1.05 bits per heavy atom. The minimum Gasteiger partial charge on any atom is -0.484 e. The molecule has 0 heterocycles. The average Bonchev–Trinajstić information content (AvgIpc) is 2.47. The van der Waals surface area contributed by atoms with Gasteiger partial charge in [-0.15, -0.1) is 0 Å². The largest absolute Gasteiger partial charge is 0.484 e. The monoisotopic (exact) mass is 309 g/mol. The van der Waals surface area contributed by atoms with Gasteiger partial charge in [0.25, 0.3) is 5.91 Å². The molecule has 104 valence electrons. The maximum absolute atomic E-state index is 11.6. The van der Waals surface area contributed by atoms with Crippen molar-refractivity contribution in [3.05, 3.63) is 64.1 Å². The summed E-state index contributed by atoms with van der Waals surface area (Å²) in [4.78, 5) is 11.6. The molecule has 0 aliphatic carbocycles. The van der Waals surface area contributed by atoms with Crippen LogP contribution in [0.4, 0.5) is 0 Å². The van der Waals surface area contributed by atoms with Crippen molar-refractivity contribution >= 4 is 29.1 Å². The Bertz CT molecular complexity index is 588. The van der Waals surface area contributed by atoms with E-state index in [4.69, 9.17) is 27.9 Å². The van der Waals surface area contributed by atoms with Crippen LogP contribution in [-0.2, 0) is 11.3 Å². The molecule has 0 aromatic heterocycles. The lowest BCUT2D eigenvalue weighted by atomic mass is 10.2. The van der Waals surface area contributed by atoms with Crippen molar-refractivity contribution < 1.29 is 9.53 Å². The summed E-state index contributed by atoms with van der Waals surface area (Å²) < 4.78 is 5.34. The van der Waals surface area contributed by atoms with Gasteiger partial charge in [0.15, 0.2) is 6.61 Å². The summed E-state index contributed by atoms with van der Waals surface area (Å²) in [6.45, 7) is 0.360. The Morgan fingerprint density at radius 3 is 2.50 bits per heavy atom. The van der Waals surface area contributed by atoms with Gasteiger partial charge in [-0.05, 0) is 29.8 Å². The molecular formula is C15H13Cl2NO2. The Labute approximate surface area is 127 Å². The van der Waals surface area contributed by atoms with Crippen molar-refractivity contribution in [2.45, 2.75) is 6.54 Å². The first kappa shape index (κ1) is 14.7. The van der Waals surface area contributed by atoms with Crippen LogP contribution in [0.3, 0.4) is 0 Å². The predicted molar refractivity (Wildman–Crippen MR) is 80.2 cm³/mol. The van der Waals surface area contributed by atoms with Gasteiger partial charge in [-0.1, -0.05) is 47.5 Å².